The minimum absolute atomic E-state index is 0.539. The van der Waals surface area contributed by atoms with Crippen molar-refractivity contribution in [1.29, 1.82) is 0 Å². The summed E-state index contributed by atoms with van der Waals surface area (Å²) in [5.74, 6) is 1.93. The first-order valence-corrected chi connectivity index (χ1v) is 6.56. The fourth-order valence-electron chi connectivity index (χ4n) is 1.90. The van der Waals surface area contributed by atoms with Crippen LogP contribution in [0.15, 0.2) is 24.7 Å². The maximum atomic E-state index is 5.89. The number of nitrogens with one attached hydrogen (secondary N) is 1. The molecule has 0 bridgehead atoms. The molecule has 0 spiro atoms. The van der Waals surface area contributed by atoms with Gasteiger partial charge in [-0.05, 0) is 12.0 Å². The zero-order valence-corrected chi connectivity index (χ0v) is 11.8. The second-order valence-corrected chi connectivity index (χ2v) is 4.40. The number of pyridine rings is 1. The van der Waals surface area contributed by atoms with Gasteiger partial charge in [0.25, 0.3) is 0 Å². The highest BCUT2D eigenvalue weighted by Gasteiger charge is 2.08. The molecule has 0 aromatic carbocycles. The van der Waals surface area contributed by atoms with Gasteiger partial charge in [-0.25, -0.2) is 15.0 Å². The van der Waals surface area contributed by atoms with Gasteiger partial charge in [-0.2, -0.15) is 0 Å². The van der Waals surface area contributed by atoms with E-state index in [0.717, 1.165) is 29.8 Å². The number of hydrogen-bond acceptors (Lipinski definition) is 6. The number of methoxy groups -OCH3 is 1. The molecule has 2 aromatic heterocycles. The number of anilines is 2. The second kappa shape index (κ2) is 6.70. The molecule has 106 valence electrons. The van der Waals surface area contributed by atoms with Crippen LogP contribution in [0.1, 0.15) is 24.5 Å². The third-order valence-electron chi connectivity index (χ3n) is 2.95. The highest BCUT2D eigenvalue weighted by molar-refractivity contribution is 5.55. The van der Waals surface area contributed by atoms with Gasteiger partial charge in [0.2, 0.25) is 5.88 Å². The molecule has 0 atom stereocenters. The predicted octanol–water partition coefficient (Wildman–Crippen LogP) is 2.03. The quantitative estimate of drug-likeness (QED) is 0.837. The van der Waals surface area contributed by atoms with Crippen molar-refractivity contribution in [3.63, 3.8) is 0 Å². The Bertz CT molecular complexity index is 556. The van der Waals surface area contributed by atoms with Gasteiger partial charge in [-0.3, -0.25) is 0 Å². The predicted molar refractivity (Wildman–Crippen MR) is 78.6 cm³/mol. The molecule has 0 amide bonds. The number of nitrogens with two attached hydrogens (primary N) is 1. The topological polar surface area (TPSA) is 86.0 Å². The van der Waals surface area contributed by atoms with Crippen molar-refractivity contribution < 1.29 is 4.74 Å². The summed E-state index contributed by atoms with van der Waals surface area (Å²) < 4.78 is 5.03. The van der Waals surface area contributed by atoms with Crippen molar-refractivity contribution in [3.8, 4) is 5.88 Å². The molecule has 0 saturated heterocycles. The van der Waals surface area contributed by atoms with E-state index in [-0.39, 0.29) is 0 Å². The highest BCUT2D eigenvalue weighted by atomic mass is 16.5. The van der Waals surface area contributed by atoms with Crippen LogP contribution < -0.4 is 15.8 Å². The van der Waals surface area contributed by atoms with Crippen LogP contribution in [0.4, 0.5) is 11.6 Å². The second-order valence-electron chi connectivity index (χ2n) is 4.40. The Kier molecular flexibility index (Phi) is 4.70. The Morgan fingerprint density at radius 1 is 1.25 bits per heavy atom. The number of aromatic nitrogens is 3. The molecular weight excluding hydrogens is 254 g/mol. The van der Waals surface area contributed by atoms with Crippen LogP contribution in [-0.4, -0.2) is 22.1 Å². The van der Waals surface area contributed by atoms with Gasteiger partial charge in [0.1, 0.15) is 18.0 Å². The van der Waals surface area contributed by atoms with Gasteiger partial charge in [-0.1, -0.05) is 19.4 Å². The summed E-state index contributed by atoms with van der Waals surface area (Å²) in [7, 11) is 1.60. The molecule has 0 aliphatic heterocycles. The molecule has 0 fully saturated rings. The third-order valence-corrected chi connectivity index (χ3v) is 2.95. The number of nitrogens with zero attached hydrogens (tertiary/aromatic N) is 3. The number of hydrogen-bond donors (Lipinski definition) is 2. The summed E-state index contributed by atoms with van der Waals surface area (Å²) in [5, 5.41) is 3.28. The SMILES string of the molecule is CCCc1c(N)ncnc1NCc1ccc(OC)nc1. The van der Waals surface area contributed by atoms with Gasteiger partial charge in [-0.15, -0.1) is 0 Å². The summed E-state index contributed by atoms with van der Waals surface area (Å²) in [6, 6.07) is 3.79. The summed E-state index contributed by atoms with van der Waals surface area (Å²) >= 11 is 0. The van der Waals surface area contributed by atoms with E-state index in [9.17, 15) is 0 Å². The van der Waals surface area contributed by atoms with Crippen LogP contribution in [0.3, 0.4) is 0 Å². The summed E-state index contributed by atoms with van der Waals surface area (Å²) in [5.41, 5.74) is 7.91. The standard InChI is InChI=1S/C14H19N5O/c1-3-4-11-13(15)18-9-19-14(11)17-8-10-5-6-12(20-2)16-7-10/h5-7,9H,3-4,8H2,1-2H3,(H3,15,17,18,19). The maximum absolute atomic E-state index is 5.89. The Hall–Kier alpha value is -2.37. The molecule has 2 heterocycles. The Balaban J connectivity index is 2.08. The van der Waals surface area contributed by atoms with Crippen LogP contribution in [0, 0.1) is 0 Å². The molecule has 3 N–H and O–H groups in total. The van der Waals surface area contributed by atoms with Crippen molar-refractivity contribution >= 4 is 11.6 Å². The van der Waals surface area contributed by atoms with Crippen LogP contribution in [0.5, 0.6) is 5.88 Å². The summed E-state index contributed by atoms with van der Waals surface area (Å²) in [6.45, 7) is 2.73. The third kappa shape index (κ3) is 3.34. The number of nitrogen functional groups attached to an aromatic ring is 1. The molecule has 0 aliphatic carbocycles. The minimum atomic E-state index is 0.539. The van der Waals surface area contributed by atoms with Gasteiger partial charge in [0.15, 0.2) is 0 Å². The molecular formula is C14H19N5O. The monoisotopic (exact) mass is 273 g/mol. The maximum Gasteiger partial charge on any atom is 0.212 e. The molecule has 2 rings (SSSR count). The van der Waals surface area contributed by atoms with Crippen molar-refractivity contribution in [2.75, 3.05) is 18.2 Å². The highest BCUT2D eigenvalue weighted by Crippen LogP contribution is 2.19. The molecule has 20 heavy (non-hydrogen) atoms. The smallest absolute Gasteiger partial charge is 0.212 e. The van der Waals surface area contributed by atoms with Crippen LogP contribution in [0.25, 0.3) is 0 Å². The first-order valence-electron chi connectivity index (χ1n) is 6.56. The molecule has 6 nitrogen and oxygen atoms in total. The van der Waals surface area contributed by atoms with E-state index in [0.29, 0.717) is 18.2 Å². The zero-order chi connectivity index (χ0) is 14.4. The van der Waals surface area contributed by atoms with E-state index in [1.165, 1.54) is 6.33 Å². The first-order chi connectivity index (χ1) is 9.74. The van der Waals surface area contributed by atoms with Crippen molar-refractivity contribution in [2.45, 2.75) is 26.3 Å². The normalized spacial score (nSPS) is 10.3. The summed E-state index contributed by atoms with van der Waals surface area (Å²) in [4.78, 5) is 12.5. The van der Waals surface area contributed by atoms with Gasteiger partial charge < -0.3 is 15.8 Å². The molecule has 0 unspecified atom stereocenters. The fourth-order valence-corrected chi connectivity index (χ4v) is 1.90. The lowest BCUT2D eigenvalue weighted by atomic mass is 10.1. The molecule has 6 heteroatoms. The summed E-state index contributed by atoms with van der Waals surface area (Å²) in [6.07, 6.45) is 5.10. The zero-order valence-electron chi connectivity index (χ0n) is 11.8. The van der Waals surface area contributed by atoms with Gasteiger partial charge in [0, 0.05) is 24.4 Å². The van der Waals surface area contributed by atoms with E-state index in [1.54, 1.807) is 13.3 Å². The minimum Gasteiger partial charge on any atom is -0.481 e. The average Bonchev–Trinajstić information content (AvgIpc) is 2.48. The Labute approximate surface area is 118 Å². The molecule has 2 aromatic rings. The van der Waals surface area contributed by atoms with Crippen molar-refractivity contribution in [1.82, 2.24) is 15.0 Å². The van der Waals surface area contributed by atoms with E-state index >= 15 is 0 Å². The molecule has 0 aliphatic rings. The number of rotatable bonds is 6. The first kappa shape index (κ1) is 14.0. The lowest BCUT2D eigenvalue weighted by Crippen LogP contribution is -2.08. The number of ether oxygens (including phenoxy) is 1. The van der Waals surface area contributed by atoms with Gasteiger partial charge >= 0.3 is 0 Å². The van der Waals surface area contributed by atoms with Gasteiger partial charge in [0.05, 0.1) is 7.11 Å². The molecule has 0 saturated carbocycles. The van der Waals surface area contributed by atoms with Crippen molar-refractivity contribution in [3.05, 3.63) is 35.8 Å². The average molecular weight is 273 g/mol. The van der Waals surface area contributed by atoms with Crippen LogP contribution in [0.2, 0.25) is 0 Å². The van der Waals surface area contributed by atoms with E-state index in [2.05, 4.69) is 27.2 Å². The Morgan fingerprint density at radius 2 is 2.10 bits per heavy atom. The Morgan fingerprint density at radius 3 is 2.75 bits per heavy atom. The van der Waals surface area contributed by atoms with E-state index in [4.69, 9.17) is 10.5 Å². The van der Waals surface area contributed by atoms with E-state index in [1.807, 2.05) is 12.1 Å². The largest absolute Gasteiger partial charge is 0.481 e. The lowest BCUT2D eigenvalue weighted by Gasteiger charge is -2.11. The van der Waals surface area contributed by atoms with Crippen LogP contribution >= 0.6 is 0 Å². The lowest BCUT2D eigenvalue weighted by molar-refractivity contribution is 0.397. The van der Waals surface area contributed by atoms with E-state index < -0.39 is 0 Å². The molecule has 0 radical (unpaired) electrons. The fraction of sp³-hybridized carbons (Fsp3) is 0.357. The van der Waals surface area contributed by atoms with Crippen LogP contribution in [-0.2, 0) is 13.0 Å². The van der Waals surface area contributed by atoms with Crippen molar-refractivity contribution in [2.24, 2.45) is 0 Å².